The second-order valence-electron chi connectivity index (χ2n) is 3.98. The zero-order chi connectivity index (χ0) is 13.0. The van der Waals surface area contributed by atoms with Crippen LogP contribution in [-0.4, -0.2) is 28.5 Å². The van der Waals surface area contributed by atoms with Crippen molar-refractivity contribution in [3.8, 4) is 0 Å². The number of nitrogens with zero attached hydrogens (tertiary/aromatic N) is 4. The number of rotatable bonds is 5. The smallest absolute Gasteiger partial charge is 0.224 e. The molecule has 1 N–H and O–H groups in total. The first-order valence-corrected chi connectivity index (χ1v) is 6.76. The van der Waals surface area contributed by atoms with Crippen LogP contribution in [0.25, 0.3) is 0 Å². The zero-order valence-corrected chi connectivity index (χ0v) is 11.7. The van der Waals surface area contributed by atoms with Crippen molar-refractivity contribution in [2.75, 3.05) is 23.8 Å². The maximum absolute atomic E-state index is 4.45. The fourth-order valence-electron chi connectivity index (χ4n) is 1.61. The van der Waals surface area contributed by atoms with Gasteiger partial charge in [-0.1, -0.05) is 0 Å². The van der Waals surface area contributed by atoms with Crippen molar-refractivity contribution in [3.05, 3.63) is 28.3 Å². The van der Waals surface area contributed by atoms with Crippen LogP contribution in [0.3, 0.4) is 0 Å². The molecule has 0 saturated heterocycles. The van der Waals surface area contributed by atoms with Gasteiger partial charge in [-0.2, -0.15) is 4.98 Å². The third-order valence-electron chi connectivity index (χ3n) is 2.43. The Hall–Kier alpha value is -1.69. The molecular weight excluding hydrogens is 246 g/mol. The molecule has 2 rings (SSSR count). The van der Waals surface area contributed by atoms with Crippen molar-refractivity contribution in [1.29, 1.82) is 0 Å². The molecule has 0 saturated carbocycles. The third kappa shape index (κ3) is 3.16. The third-order valence-corrected chi connectivity index (χ3v) is 3.25. The van der Waals surface area contributed by atoms with Crippen molar-refractivity contribution in [1.82, 2.24) is 15.0 Å². The molecule has 2 heterocycles. The van der Waals surface area contributed by atoms with E-state index in [-0.39, 0.29) is 0 Å². The van der Waals surface area contributed by atoms with E-state index in [0.29, 0.717) is 5.95 Å². The Morgan fingerprint density at radius 3 is 2.89 bits per heavy atom. The Morgan fingerprint density at radius 2 is 2.22 bits per heavy atom. The minimum atomic E-state index is 0.663. The van der Waals surface area contributed by atoms with E-state index < -0.39 is 0 Å². The fraction of sp³-hybridized carbons (Fsp3) is 0.417. The normalized spacial score (nSPS) is 10.4. The van der Waals surface area contributed by atoms with Crippen molar-refractivity contribution < 1.29 is 0 Å². The molecule has 0 unspecified atom stereocenters. The zero-order valence-electron chi connectivity index (χ0n) is 10.8. The second-order valence-corrected chi connectivity index (χ2v) is 5.04. The Morgan fingerprint density at radius 1 is 1.39 bits per heavy atom. The van der Waals surface area contributed by atoms with E-state index in [1.165, 1.54) is 0 Å². The summed E-state index contributed by atoms with van der Waals surface area (Å²) in [5, 5.41) is 6.28. The van der Waals surface area contributed by atoms with Crippen LogP contribution in [0.5, 0.6) is 0 Å². The highest BCUT2D eigenvalue weighted by molar-refractivity contribution is 7.09. The molecule has 96 valence electrons. The number of anilines is 2. The number of thiazole rings is 1. The summed E-state index contributed by atoms with van der Waals surface area (Å²) < 4.78 is 0. The molecule has 0 aliphatic rings. The van der Waals surface area contributed by atoms with Gasteiger partial charge >= 0.3 is 0 Å². The Balaban J connectivity index is 2.08. The van der Waals surface area contributed by atoms with Crippen molar-refractivity contribution in [2.45, 2.75) is 20.4 Å². The van der Waals surface area contributed by atoms with Gasteiger partial charge in [0.2, 0.25) is 5.95 Å². The molecule has 2 aromatic heterocycles. The minimum Gasteiger partial charge on any atom is -0.354 e. The SMILES string of the molecule is CCNc1nccc(N(C)Cc2csc(C)n2)n1. The lowest BCUT2D eigenvalue weighted by Gasteiger charge is -2.17. The molecule has 18 heavy (non-hydrogen) atoms. The lowest BCUT2D eigenvalue weighted by molar-refractivity contribution is 0.865. The lowest BCUT2D eigenvalue weighted by atomic mass is 10.4. The van der Waals surface area contributed by atoms with Crippen LogP contribution in [0.15, 0.2) is 17.6 Å². The number of hydrogen-bond acceptors (Lipinski definition) is 6. The Labute approximate surface area is 111 Å². The molecular formula is C12H17N5S. The van der Waals surface area contributed by atoms with Crippen molar-refractivity contribution in [3.63, 3.8) is 0 Å². The molecule has 6 heteroatoms. The number of nitrogens with one attached hydrogen (secondary N) is 1. The molecule has 2 aromatic rings. The Kier molecular flexibility index (Phi) is 4.09. The van der Waals surface area contributed by atoms with Gasteiger partial charge < -0.3 is 10.2 Å². The van der Waals surface area contributed by atoms with Gasteiger partial charge in [0.25, 0.3) is 0 Å². The van der Waals surface area contributed by atoms with Gasteiger partial charge in [-0.05, 0) is 19.9 Å². The lowest BCUT2D eigenvalue weighted by Crippen LogP contribution is -2.18. The number of aryl methyl sites for hydroxylation is 1. The predicted octanol–water partition coefficient (Wildman–Crippen LogP) is 2.31. The van der Waals surface area contributed by atoms with Crippen LogP contribution < -0.4 is 10.2 Å². The van der Waals surface area contributed by atoms with Gasteiger partial charge in [0.1, 0.15) is 5.82 Å². The number of hydrogen-bond donors (Lipinski definition) is 1. The first-order chi connectivity index (χ1) is 8.69. The van der Waals surface area contributed by atoms with E-state index in [2.05, 4.69) is 30.5 Å². The summed E-state index contributed by atoms with van der Waals surface area (Å²) in [6.07, 6.45) is 1.77. The standard InChI is InChI=1S/C12H17N5S/c1-4-13-12-14-6-5-11(16-12)17(3)7-10-8-18-9(2)15-10/h5-6,8H,4,7H2,1-3H3,(H,13,14,16). The summed E-state index contributed by atoms with van der Waals surface area (Å²) in [6.45, 7) is 5.62. The van der Waals surface area contributed by atoms with Crippen LogP contribution in [0, 0.1) is 6.92 Å². The Bertz CT molecular complexity index is 511. The van der Waals surface area contributed by atoms with E-state index in [4.69, 9.17) is 0 Å². The van der Waals surface area contributed by atoms with Gasteiger partial charge in [0.05, 0.1) is 17.2 Å². The van der Waals surface area contributed by atoms with Crippen LogP contribution in [0.4, 0.5) is 11.8 Å². The van der Waals surface area contributed by atoms with E-state index in [0.717, 1.165) is 29.6 Å². The average Bonchev–Trinajstić information content (AvgIpc) is 2.75. The summed E-state index contributed by atoms with van der Waals surface area (Å²) in [7, 11) is 2.01. The van der Waals surface area contributed by atoms with Gasteiger partial charge in [-0.15, -0.1) is 11.3 Å². The highest BCUT2D eigenvalue weighted by atomic mass is 32.1. The maximum atomic E-state index is 4.45. The molecule has 0 aliphatic heterocycles. The van der Waals surface area contributed by atoms with Crippen LogP contribution in [-0.2, 0) is 6.54 Å². The predicted molar refractivity (Wildman–Crippen MR) is 75.2 cm³/mol. The molecule has 5 nitrogen and oxygen atoms in total. The molecule has 0 atom stereocenters. The summed E-state index contributed by atoms with van der Waals surface area (Å²) >= 11 is 1.67. The quantitative estimate of drug-likeness (QED) is 0.897. The van der Waals surface area contributed by atoms with Crippen LogP contribution in [0.1, 0.15) is 17.6 Å². The molecule has 0 aromatic carbocycles. The molecule has 0 spiro atoms. The molecule has 0 fully saturated rings. The molecule has 0 radical (unpaired) electrons. The monoisotopic (exact) mass is 263 g/mol. The summed E-state index contributed by atoms with van der Waals surface area (Å²) in [6, 6.07) is 1.90. The van der Waals surface area contributed by atoms with Gasteiger partial charge in [0, 0.05) is 25.2 Å². The first kappa shape index (κ1) is 12.8. The number of aromatic nitrogens is 3. The first-order valence-electron chi connectivity index (χ1n) is 5.88. The van der Waals surface area contributed by atoms with Crippen molar-refractivity contribution >= 4 is 23.1 Å². The van der Waals surface area contributed by atoms with Crippen LogP contribution >= 0.6 is 11.3 Å². The van der Waals surface area contributed by atoms with Crippen molar-refractivity contribution in [2.24, 2.45) is 0 Å². The maximum Gasteiger partial charge on any atom is 0.224 e. The van der Waals surface area contributed by atoms with Crippen LogP contribution in [0.2, 0.25) is 0 Å². The summed E-state index contributed by atoms with van der Waals surface area (Å²) in [5.41, 5.74) is 1.07. The second kappa shape index (κ2) is 5.77. The van der Waals surface area contributed by atoms with E-state index in [1.807, 2.05) is 27.0 Å². The molecule has 0 bridgehead atoms. The summed E-state index contributed by atoms with van der Waals surface area (Å²) in [4.78, 5) is 15.1. The minimum absolute atomic E-state index is 0.663. The molecule has 0 aliphatic carbocycles. The van der Waals surface area contributed by atoms with E-state index in [9.17, 15) is 0 Å². The van der Waals surface area contributed by atoms with Gasteiger partial charge in [0.15, 0.2) is 0 Å². The average molecular weight is 263 g/mol. The van der Waals surface area contributed by atoms with E-state index >= 15 is 0 Å². The summed E-state index contributed by atoms with van der Waals surface area (Å²) in [5.74, 6) is 1.56. The largest absolute Gasteiger partial charge is 0.354 e. The van der Waals surface area contributed by atoms with Gasteiger partial charge in [-0.25, -0.2) is 9.97 Å². The van der Waals surface area contributed by atoms with Gasteiger partial charge in [-0.3, -0.25) is 0 Å². The fourth-order valence-corrected chi connectivity index (χ4v) is 2.21. The topological polar surface area (TPSA) is 53.9 Å². The highest BCUT2D eigenvalue weighted by Gasteiger charge is 2.07. The molecule has 0 amide bonds. The highest BCUT2D eigenvalue weighted by Crippen LogP contribution is 2.15. The van der Waals surface area contributed by atoms with E-state index in [1.54, 1.807) is 17.5 Å².